The Morgan fingerprint density at radius 1 is 1.35 bits per heavy atom. The summed E-state index contributed by atoms with van der Waals surface area (Å²) in [4.78, 5) is 0. The van der Waals surface area contributed by atoms with Crippen molar-refractivity contribution in [2.45, 2.75) is 13.5 Å². The molecular formula is C14H17N3. The lowest BCUT2D eigenvalue weighted by molar-refractivity contribution is 0.687. The first-order chi connectivity index (χ1) is 8.28. The number of nitrogens with two attached hydrogens (primary N) is 1. The fourth-order valence-electron chi connectivity index (χ4n) is 1.65. The SMILES string of the molecule is C/C(=C/c1cnn(Cc2ccccc2)c1)CN. The van der Waals surface area contributed by atoms with Gasteiger partial charge in [0.05, 0.1) is 12.7 Å². The number of benzene rings is 1. The molecule has 3 nitrogen and oxygen atoms in total. The van der Waals surface area contributed by atoms with Crippen LogP contribution in [0.4, 0.5) is 0 Å². The van der Waals surface area contributed by atoms with E-state index in [1.54, 1.807) is 0 Å². The highest BCUT2D eigenvalue weighted by Crippen LogP contribution is 2.07. The molecule has 0 aliphatic heterocycles. The van der Waals surface area contributed by atoms with Gasteiger partial charge in [0.2, 0.25) is 0 Å². The zero-order valence-electron chi connectivity index (χ0n) is 10.0. The maximum Gasteiger partial charge on any atom is 0.0659 e. The lowest BCUT2D eigenvalue weighted by atomic mass is 10.2. The van der Waals surface area contributed by atoms with E-state index in [9.17, 15) is 0 Å². The molecule has 88 valence electrons. The summed E-state index contributed by atoms with van der Waals surface area (Å²) in [6, 6.07) is 10.3. The van der Waals surface area contributed by atoms with E-state index in [2.05, 4.69) is 23.3 Å². The molecule has 2 aromatic rings. The van der Waals surface area contributed by atoms with E-state index in [1.165, 1.54) is 5.56 Å². The van der Waals surface area contributed by atoms with E-state index in [4.69, 9.17) is 5.73 Å². The summed E-state index contributed by atoms with van der Waals surface area (Å²) in [6.07, 6.45) is 5.96. The summed E-state index contributed by atoms with van der Waals surface area (Å²) < 4.78 is 1.94. The largest absolute Gasteiger partial charge is 0.327 e. The van der Waals surface area contributed by atoms with E-state index in [0.717, 1.165) is 17.7 Å². The zero-order valence-corrected chi connectivity index (χ0v) is 10.0. The van der Waals surface area contributed by atoms with Gasteiger partial charge >= 0.3 is 0 Å². The number of nitrogens with zero attached hydrogens (tertiary/aromatic N) is 2. The predicted molar refractivity (Wildman–Crippen MR) is 70.5 cm³/mol. The van der Waals surface area contributed by atoms with Crippen molar-refractivity contribution in [2.75, 3.05) is 6.54 Å². The van der Waals surface area contributed by atoms with Gasteiger partial charge in [-0.25, -0.2) is 0 Å². The molecule has 0 fully saturated rings. The van der Waals surface area contributed by atoms with E-state index >= 15 is 0 Å². The van der Waals surface area contributed by atoms with Crippen molar-refractivity contribution in [1.82, 2.24) is 9.78 Å². The van der Waals surface area contributed by atoms with Crippen molar-refractivity contribution in [1.29, 1.82) is 0 Å². The average Bonchev–Trinajstić information content (AvgIpc) is 2.77. The van der Waals surface area contributed by atoms with Gasteiger partial charge in [-0.05, 0) is 12.5 Å². The second-order valence-electron chi connectivity index (χ2n) is 4.15. The summed E-state index contributed by atoms with van der Waals surface area (Å²) in [5.41, 5.74) is 9.06. The molecule has 3 heteroatoms. The Morgan fingerprint density at radius 2 is 2.12 bits per heavy atom. The molecular weight excluding hydrogens is 210 g/mol. The van der Waals surface area contributed by atoms with Gasteiger partial charge in [-0.15, -0.1) is 0 Å². The van der Waals surface area contributed by atoms with Crippen molar-refractivity contribution in [3.05, 3.63) is 59.4 Å². The lowest BCUT2D eigenvalue weighted by Crippen LogP contribution is -1.99. The number of hydrogen-bond acceptors (Lipinski definition) is 2. The summed E-state index contributed by atoms with van der Waals surface area (Å²) >= 11 is 0. The zero-order chi connectivity index (χ0) is 12.1. The minimum atomic E-state index is 0.587. The molecule has 2 N–H and O–H groups in total. The number of hydrogen-bond donors (Lipinski definition) is 1. The summed E-state index contributed by atoms with van der Waals surface area (Å²) in [6.45, 7) is 3.41. The predicted octanol–water partition coefficient (Wildman–Crippen LogP) is 2.29. The van der Waals surface area contributed by atoms with Crippen molar-refractivity contribution in [3.8, 4) is 0 Å². The lowest BCUT2D eigenvalue weighted by Gasteiger charge is -2.00. The summed E-state index contributed by atoms with van der Waals surface area (Å²) in [5, 5.41) is 4.33. The molecule has 0 atom stereocenters. The van der Waals surface area contributed by atoms with Crippen LogP contribution in [0.5, 0.6) is 0 Å². The van der Waals surface area contributed by atoms with Crippen LogP contribution in [0.25, 0.3) is 6.08 Å². The summed E-state index contributed by atoms with van der Waals surface area (Å²) in [7, 11) is 0. The molecule has 0 saturated carbocycles. The standard InChI is InChI=1S/C14H17N3/c1-12(8-15)7-14-9-16-17(11-14)10-13-5-3-2-4-6-13/h2-7,9,11H,8,10,15H2,1H3/b12-7-. The Bertz CT molecular complexity index is 497. The fourth-order valence-corrected chi connectivity index (χ4v) is 1.65. The minimum absolute atomic E-state index is 0.587. The quantitative estimate of drug-likeness (QED) is 0.871. The third-order valence-corrected chi connectivity index (χ3v) is 2.58. The van der Waals surface area contributed by atoms with Crippen molar-refractivity contribution in [3.63, 3.8) is 0 Å². The third kappa shape index (κ3) is 3.29. The second kappa shape index (κ2) is 5.46. The molecule has 0 unspecified atom stereocenters. The molecule has 0 bridgehead atoms. The van der Waals surface area contributed by atoms with Crippen LogP contribution in [0.15, 0.2) is 48.3 Å². The van der Waals surface area contributed by atoms with Gasteiger partial charge in [0, 0.05) is 18.3 Å². The Labute approximate surface area is 102 Å². The van der Waals surface area contributed by atoms with Crippen LogP contribution in [-0.2, 0) is 6.54 Å². The highest BCUT2D eigenvalue weighted by molar-refractivity contribution is 5.50. The van der Waals surface area contributed by atoms with Crippen molar-refractivity contribution < 1.29 is 0 Å². The molecule has 0 amide bonds. The van der Waals surface area contributed by atoms with Crippen LogP contribution in [0.2, 0.25) is 0 Å². The molecule has 0 radical (unpaired) electrons. The van der Waals surface area contributed by atoms with Crippen LogP contribution in [-0.4, -0.2) is 16.3 Å². The smallest absolute Gasteiger partial charge is 0.0659 e. The first-order valence-electron chi connectivity index (χ1n) is 5.71. The monoisotopic (exact) mass is 227 g/mol. The maximum atomic E-state index is 5.55. The van der Waals surface area contributed by atoms with Gasteiger partial charge in [0.15, 0.2) is 0 Å². The Hall–Kier alpha value is -1.87. The highest BCUT2D eigenvalue weighted by Gasteiger charge is 1.97. The first-order valence-corrected chi connectivity index (χ1v) is 5.71. The van der Waals surface area contributed by atoms with Crippen LogP contribution < -0.4 is 5.73 Å². The molecule has 1 aromatic heterocycles. The van der Waals surface area contributed by atoms with Crippen LogP contribution in [0.1, 0.15) is 18.1 Å². The van der Waals surface area contributed by atoms with Gasteiger partial charge in [0.1, 0.15) is 0 Å². The molecule has 1 heterocycles. The maximum absolute atomic E-state index is 5.55. The van der Waals surface area contributed by atoms with Crippen LogP contribution >= 0.6 is 0 Å². The fraction of sp³-hybridized carbons (Fsp3) is 0.214. The molecule has 0 saturated heterocycles. The Morgan fingerprint density at radius 3 is 2.82 bits per heavy atom. The molecule has 2 rings (SSSR count). The van der Waals surface area contributed by atoms with Gasteiger partial charge in [-0.1, -0.05) is 42.0 Å². The number of rotatable bonds is 4. The second-order valence-corrected chi connectivity index (χ2v) is 4.15. The minimum Gasteiger partial charge on any atom is -0.327 e. The van der Waals surface area contributed by atoms with Gasteiger partial charge in [-0.3, -0.25) is 4.68 Å². The topological polar surface area (TPSA) is 43.8 Å². The van der Waals surface area contributed by atoms with Crippen LogP contribution in [0, 0.1) is 0 Å². The highest BCUT2D eigenvalue weighted by atomic mass is 15.3. The molecule has 0 aliphatic rings. The molecule has 0 spiro atoms. The van der Waals surface area contributed by atoms with Crippen LogP contribution in [0.3, 0.4) is 0 Å². The molecule has 1 aromatic carbocycles. The Balaban J connectivity index is 2.09. The van der Waals surface area contributed by atoms with Crippen molar-refractivity contribution in [2.24, 2.45) is 5.73 Å². The molecule has 17 heavy (non-hydrogen) atoms. The summed E-state index contributed by atoms with van der Waals surface area (Å²) in [5.74, 6) is 0. The van der Waals surface area contributed by atoms with Crippen molar-refractivity contribution >= 4 is 6.08 Å². The third-order valence-electron chi connectivity index (χ3n) is 2.58. The first kappa shape index (κ1) is 11.6. The Kier molecular flexibility index (Phi) is 3.73. The molecule has 0 aliphatic carbocycles. The van der Waals surface area contributed by atoms with E-state index in [-0.39, 0.29) is 0 Å². The average molecular weight is 227 g/mol. The normalized spacial score (nSPS) is 11.8. The van der Waals surface area contributed by atoms with Gasteiger partial charge < -0.3 is 5.73 Å². The van der Waals surface area contributed by atoms with Gasteiger partial charge in [-0.2, -0.15) is 5.10 Å². The van der Waals surface area contributed by atoms with E-state index < -0.39 is 0 Å². The van der Waals surface area contributed by atoms with E-state index in [0.29, 0.717) is 6.54 Å². The van der Waals surface area contributed by atoms with E-state index in [1.807, 2.05) is 42.2 Å². The van der Waals surface area contributed by atoms with Gasteiger partial charge in [0.25, 0.3) is 0 Å². The number of aromatic nitrogens is 2.